The Morgan fingerprint density at radius 3 is 2.66 bits per heavy atom. The normalized spacial score (nSPS) is 12.5. The maximum atomic E-state index is 6.16. The third kappa shape index (κ3) is 5.25. The number of pyridine rings is 1. The molecule has 0 bridgehead atoms. The first kappa shape index (κ1) is 21.5. The number of nitrogens with two attached hydrogens (primary N) is 1. The van der Waals surface area contributed by atoms with Crippen molar-refractivity contribution in [2.45, 2.75) is 65.5 Å². The molecule has 3 aromatic rings. The Morgan fingerprint density at radius 1 is 1.14 bits per heavy atom. The number of rotatable bonds is 9. The number of nitrogens with one attached hydrogen (secondary N) is 1. The highest BCUT2D eigenvalue weighted by molar-refractivity contribution is 6.04. The summed E-state index contributed by atoms with van der Waals surface area (Å²) in [6.07, 6.45) is 4.68. The molecule has 2 aromatic heterocycles. The highest BCUT2D eigenvalue weighted by Gasteiger charge is 2.16. The smallest absolute Gasteiger partial charge is 0.209 e. The number of aromatic nitrogens is 2. The summed E-state index contributed by atoms with van der Waals surface area (Å²) in [5, 5.41) is 4.20. The van der Waals surface area contributed by atoms with E-state index in [2.05, 4.69) is 73.1 Å². The largest absolute Gasteiger partial charge is 0.438 e. The average Bonchev–Trinajstić information content (AvgIpc) is 3.10. The molecule has 0 aliphatic carbocycles. The fourth-order valence-electron chi connectivity index (χ4n) is 3.42. The monoisotopic (exact) mass is 397 g/mol. The molecule has 0 aliphatic rings. The van der Waals surface area contributed by atoms with Gasteiger partial charge in [0.2, 0.25) is 5.89 Å². The van der Waals surface area contributed by atoms with Crippen LogP contribution in [0.2, 0.25) is 0 Å². The van der Waals surface area contributed by atoms with Gasteiger partial charge in [-0.3, -0.25) is 0 Å². The lowest BCUT2D eigenvalue weighted by atomic mass is 10.0. The summed E-state index contributed by atoms with van der Waals surface area (Å²) >= 11 is 0. The number of anilines is 1. The van der Waals surface area contributed by atoms with E-state index in [0.717, 1.165) is 36.0 Å². The molecule has 0 spiro atoms. The molecule has 0 saturated heterocycles. The van der Waals surface area contributed by atoms with Gasteiger partial charge in [-0.1, -0.05) is 19.4 Å². The summed E-state index contributed by atoms with van der Waals surface area (Å²) in [6.45, 7) is 11.4. The van der Waals surface area contributed by atoms with Gasteiger partial charge in [0.25, 0.3) is 0 Å². The van der Waals surface area contributed by atoms with E-state index in [-0.39, 0.29) is 5.54 Å². The highest BCUT2D eigenvalue weighted by atomic mass is 16.3. The van der Waals surface area contributed by atoms with Crippen molar-refractivity contribution in [3.63, 3.8) is 0 Å². The molecule has 0 atom stereocenters. The Hall–Kier alpha value is -2.18. The van der Waals surface area contributed by atoms with E-state index in [1.807, 2.05) is 0 Å². The molecule has 158 valence electrons. The predicted molar refractivity (Wildman–Crippen MR) is 121 cm³/mol. The van der Waals surface area contributed by atoms with Crippen molar-refractivity contribution in [2.75, 3.05) is 25.9 Å². The Balaban J connectivity index is 1.66. The van der Waals surface area contributed by atoms with Crippen LogP contribution in [0.5, 0.6) is 0 Å². The van der Waals surface area contributed by atoms with Crippen LogP contribution in [-0.4, -0.2) is 40.5 Å². The first-order chi connectivity index (χ1) is 13.8. The molecular formula is C23H35N5O. The van der Waals surface area contributed by atoms with Crippen LogP contribution in [0.3, 0.4) is 0 Å². The maximum absolute atomic E-state index is 6.16. The molecule has 6 nitrogen and oxygen atoms in total. The number of hydrogen-bond acceptors (Lipinski definition) is 6. The minimum Gasteiger partial charge on any atom is -0.438 e. The van der Waals surface area contributed by atoms with Crippen LogP contribution in [0.25, 0.3) is 22.0 Å². The van der Waals surface area contributed by atoms with E-state index >= 15 is 0 Å². The van der Waals surface area contributed by atoms with Gasteiger partial charge in [0.1, 0.15) is 0 Å². The lowest BCUT2D eigenvalue weighted by Crippen LogP contribution is -2.38. The van der Waals surface area contributed by atoms with Crippen molar-refractivity contribution in [1.29, 1.82) is 0 Å². The van der Waals surface area contributed by atoms with Crippen molar-refractivity contribution in [3.8, 4) is 0 Å². The van der Waals surface area contributed by atoms with Crippen molar-refractivity contribution >= 4 is 27.8 Å². The van der Waals surface area contributed by atoms with Crippen LogP contribution < -0.4 is 11.1 Å². The third-order valence-corrected chi connectivity index (χ3v) is 5.59. The Morgan fingerprint density at radius 2 is 1.93 bits per heavy atom. The van der Waals surface area contributed by atoms with Gasteiger partial charge >= 0.3 is 0 Å². The zero-order chi connectivity index (χ0) is 21.0. The van der Waals surface area contributed by atoms with Gasteiger partial charge in [-0.05, 0) is 77.9 Å². The number of hydrogen-bond donors (Lipinski definition) is 2. The fraction of sp³-hybridized carbons (Fsp3) is 0.565. The second-order valence-electron chi connectivity index (χ2n) is 8.82. The van der Waals surface area contributed by atoms with Crippen LogP contribution in [0.4, 0.5) is 5.82 Å². The maximum Gasteiger partial charge on any atom is 0.209 e. The minimum absolute atomic E-state index is 0.239. The van der Waals surface area contributed by atoms with Gasteiger partial charge < -0.3 is 20.4 Å². The van der Waals surface area contributed by atoms with Crippen molar-refractivity contribution < 1.29 is 4.42 Å². The molecule has 0 aliphatic heterocycles. The Kier molecular flexibility index (Phi) is 6.75. The summed E-state index contributed by atoms with van der Waals surface area (Å²) in [4.78, 5) is 11.5. The summed E-state index contributed by atoms with van der Waals surface area (Å²) < 4.78 is 5.97. The summed E-state index contributed by atoms with van der Waals surface area (Å²) in [6, 6.07) is 6.40. The number of nitrogen functional groups attached to an aromatic ring is 1. The standard InChI is InChI=1S/C23H35N5O/c1-6-25-15-19-27-20-21(29-19)17-12-11-16(14-18(17)26-22(20)24)10-8-7-9-13-28(5)23(2,3)4/h11-12,14,25H,6-10,13,15H2,1-5H3,(H2,24,26). The van der Waals surface area contributed by atoms with Crippen LogP contribution in [-0.2, 0) is 13.0 Å². The number of benzene rings is 1. The third-order valence-electron chi connectivity index (χ3n) is 5.59. The van der Waals surface area contributed by atoms with Crippen molar-refractivity contribution in [2.24, 2.45) is 0 Å². The molecule has 0 saturated carbocycles. The molecule has 1 aromatic carbocycles. The lowest BCUT2D eigenvalue weighted by Gasteiger charge is -2.31. The van der Waals surface area contributed by atoms with Gasteiger partial charge in [0.05, 0.1) is 12.1 Å². The molecule has 29 heavy (non-hydrogen) atoms. The van der Waals surface area contributed by atoms with Gasteiger partial charge in [0, 0.05) is 10.9 Å². The second-order valence-corrected chi connectivity index (χ2v) is 8.82. The zero-order valence-corrected chi connectivity index (χ0v) is 18.5. The topological polar surface area (TPSA) is 80.2 Å². The first-order valence-electron chi connectivity index (χ1n) is 10.7. The van der Waals surface area contributed by atoms with E-state index in [1.54, 1.807) is 0 Å². The SMILES string of the molecule is CCNCc1nc2c(N)nc3cc(CCCCCN(C)C(C)(C)C)ccc3c2o1. The van der Waals surface area contributed by atoms with Crippen molar-refractivity contribution in [3.05, 3.63) is 29.7 Å². The molecule has 0 radical (unpaired) electrons. The molecular weight excluding hydrogens is 362 g/mol. The van der Waals surface area contributed by atoms with E-state index < -0.39 is 0 Å². The average molecular weight is 398 g/mol. The van der Waals surface area contributed by atoms with Crippen LogP contribution in [0.15, 0.2) is 22.6 Å². The number of aryl methyl sites for hydroxylation is 1. The van der Waals surface area contributed by atoms with E-state index in [9.17, 15) is 0 Å². The van der Waals surface area contributed by atoms with E-state index in [4.69, 9.17) is 10.2 Å². The Bertz CT molecular complexity index is 957. The predicted octanol–water partition coefficient (Wildman–Crippen LogP) is 4.51. The summed E-state index contributed by atoms with van der Waals surface area (Å²) in [5.74, 6) is 1.08. The van der Waals surface area contributed by atoms with Gasteiger partial charge in [-0.2, -0.15) is 0 Å². The van der Waals surface area contributed by atoms with Gasteiger partial charge in [0.15, 0.2) is 16.9 Å². The highest BCUT2D eigenvalue weighted by Crippen LogP contribution is 2.29. The van der Waals surface area contributed by atoms with Crippen LogP contribution in [0.1, 0.15) is 58.4 Å². The first-order valence-corrected chi connectivity index (χ1v) is 10.7. The second kappa shape index (κ2) is 9.09. The van der Waals surface area contributed by atoms with Crippen molar-refractivity contribution in [1.82, 2.24) is 20.2 Å². The van der Waals surface area contributed by atoms with Crippen LogP contribution in [0, 0.1) is 0 Å². The molecule has 2 heterocycles. The van der Waals surface area contributed by atoms with Gasteiger partial charge in [-0.25, -0.2) is 9.97 Å². The quantitative estimate of drug-likeness (QED) is 0.517. The minimum atomic E-state index is 0.239. The van der Waals surface area contributed by atoms with Crippen LogP contribution >= 0.6 is 0 Å². The summed E-state index contributed by atoms with van der Waals surface area (Å²) in [5.41, 5.74) is 9.96. The molecule has 6 heteroatoms. The van der Waals surface area contributed by atoms with E-state index in [1.165, 1.54) is 24.8 Å². The lowest BCUT2D eigenvalue weighted by molar-refractivity contribution is 0.172. The number of unbranched alkanes of at least 4 members (excludes halogenated alkanes) is 2. The number of oxazole rings is 1. The summed E-state index contributed by atoms with van der Waals surface area (Å²) in [7, 11) is 2.20. The molecule has 0 unspecified atom stereocenters. The van der Waals surface area contributed by atoms with E-state index in [0.29, 0.717) is 23.8 Å². The fourth-order valence-corrected chi connectivity index (χ4v) is 3.42. The molecule has 0 amide bonds. The van der Waals surface area contributed by atoms with Gasteiger partial charge in [-0.15, -0.1) is 0 Å². The zero-order valence-electron chi connectivity index (χ0n) is 18.5. The number of fused-ring (bicyclic) bond motifs is 3. The number of nitrogens with zero attached hydrogens (tertiary/aromatic N) is 3. The Labute approximate surface area is 173 Å². The molecule has 3 N–H and O–H groups in total. The molecule has 0 fully saturated rings. The molecule has 3 rings (SSSR count).